The van der Waals surface area contributed by atoms with Crippen LogP contribution in [-0.4, -0.2) is 61.6 Å². The van der Waals surface area contributed by atoms with Gasteiger partial charge in [-0.2, -0.15) is 0 Å². The summed E-state index contributed by atoms with van der Waals surface area (Å²) < 4.78 is 16.2. The highest BCUT2D eigenvalue weighted by Crippen LogP contribution is 2.25. The maximum absolute atomic E-state index is 12.8. The maximum Gasteiger partial charge on any atom is 0.407 e. The molecule has 2 atom stereocenters. The molecule has 0 rings (SSSR count). The van der Waals surface area contributed by atoms with Crippen LogP contribution in [0.2, 0.25) is 0 Å². The topological polar surface area (TPSA) is 120 Å². The molecular weight excluding hydrogens is 447 g/mol. The van der Waals surface area contributed by atoms with Gasteiger partial charge in [-0.05, 0) is 42.4 Å². The second kappa shape index (κ2) is 14.9. The van der Waals surface area contributed by atoms with Gasteiger partial charge >= 0.3 is 12.1 Å². The van der Waals surface area contributed by atoms with Crippen LogP contribution >= 0.6 is 8.58 Å². The number of amides is 2. The average Bonchev–Trinajstić information content (AvgIpc) is 2.69. The summed E-state index contributed by atoms with van der Waals surface area (Å²) in [6, 6.07) is 0. The molecule has 2 unspecified atom stereocenters. The lowest BCUT2D eigenvalue weighted by molar-refractivity contribution is -0.152. The molecule has 0 radical (unpaired) electrons. The summed E-state index contributed by atoms with van der Waals surface area (Å²) in [6.45, 7) is 16.6. The van der Waals surface area contributed by atoms with Gasteiger partial charge in [0.2, 0.25) is 5.65 Å². The lowest BCUT2D eigenvalue weighted by atomic mass is 9.82. The number of nitrogens with one attached hydrogen (secondary N) is 2. The first kappa shape index (κ1) is 30.9. The summed E-state index contributed by atoms with van der Waals surface area (Å²) in [5.74, 6) is -0.501. The summed E-state index contributed by atoms with van der Waals surface area (Å²) in [7, 11) is 0.168. The van der Waals surface area contributed by atoms with E-state index >= 15 is 0 Å². The highest BCUT2D eigenvalue weighted by Gasteiger charge is 2.37. The first-order valence-electron chi connectivity index (χ1n) is 11.2. The molecule has 0 aliphatic rings. The highest BCUT2D eigenvalue weighted by atomic mass is 31.1. The predicted octanol–water partition coefficient (Wildman–Crippen LogP) is 4.00. The summed E-state index contributed by atoms with van der Waals surface area (Å²) in [5.41, 5.74) is -1.73. The van der Waals surface area contributed by atoms with E-state index in [1.165, 1.54) is 0 Å². The van der Waals surface area contributed by atoms with Gasteiger partial charge in [-0.25, -0.2) is 4.79 Å². The number of Topliss-reactive ketones (excluding diaryl/α,β-unsaturated/α-hetero) is 1. The molecule has 0 saturated heterocycles. The van der Waals surface area contributed by atoms with Crippen molar-refractivity contribution >= 4 is 32.1 Å². The van der Waals surface area contributed by atoms with E-state index in [0.717, 1.165) is 6.16 Å². The van der Waals surface area contributed by atoms with Crippen molar-refractivity contribution in [3.8, 4) is 0 Å². The van der Waals surface area contributed by atoms with Gasteiger partial charge in [-0.15, -0.1) is 0 Å². The molecule has 0 aromatic carbocycles. The summed E-state index contributed by atoms with van der Waals surface area (Å²) in [6.07, 6.45) is 0.584. The lowest BCUT2D eigenvalue weighted by Crippen LogP contribution is -2.41. The first-order valence-corrected chi connectivity index (χ1v) is 12.4. The minimum absolute atomic E-state index is 0.0169. The SMILES string of the molecule is C=C(CCNC(=O)OC(C)(C)C)OCC(C)(COC(=O)CCNC(=O)PCC)C(=O)C(C)C. The fourth-order valence-electron chi connectivity index (χ4n) is 2.65. The smallest absolute Gasteiger partial charge is 0.407 e. The van der Waals surface area contributed by atoms with Gasteiger partial charge in [0.25, 0.3) is 0 Å². The van der Waals surface area contributed by atoms with Gasteiger partial charge in [-0.3, -0.25) is 14.4 Å². The molecule has 2 amide bonds. The van der Waals surface area contributed by atoms with Crippen LogP contribution in [-0.2, 0) is 23.8 Å². The van der Waals surface area contributed by atoms with Crippen molar-refractivity contribution in [3.05, 3.63) is 12.3 Å². The molecule has 0 aliphatic carbocycles. The van der Waals surface area contributed by atoms with E-state index in [9.17, 15) is 19.2 Å². The molecule has 33 heavy (non-hydrogen) atoms. The minimum Gasteiger partial charge on any atom is -0.497 e. The maximum atomic E-state index is 12.8. The number of alkyl carbamates (subject to hydrolysis) is 1. The van der Waals surface area contributed by atoms with Crippen LogP contribution in [0, 0.1) is 11.3 Å². The quantitative estimate of drug-likeness (QED) is 0.203. The Bertz CT molecular complexity index is 689. The number of ketones is 1. The van der Waals surface area contributed by atoms with Gasteiger partial charge in [-0.1, -0.05) is 27.4 Å². The van der Waals surface area contributed by atoms with E-state index in [-0.39, 0.29) is 58.7 Å². The molecule has 9 nitrogen and oxygen atoms in total. The van der Waals surface area contributed by atoms with Crippen molar-refractivity contribution in [1.29, 1.82) is 0 Å². The van der Waals surface area contributed by atoms with Crippen LogP contribution in [0.25, 0.3) is 0 Å². The van der Waals surface area contributed by atoms with Crippen LogP contribution in [0.5, 0.6) is 0 Å². The van der Waals surface area contributed by atoms with Gasteiger partial charge < -0.3 is 24.8 Å². The Morgan fingerprint density at radius 2 is 1.52 bits per heavy atom. The zero-order chi connectivity index (χ0) is 25.7. The summed E-state index contributed by atoms with van der Waals surface area (Å²) in [5, 5.41) is 5.28. The number of rotatable bonds is 15. The molecule has 0 aliphatic heterocycles. The standard InChI is InChI=1S/C23H41N2O7P/c1-9-33-21(29)25-13-11-18(26)31-15-23(8,19(27)16(2)3)14-30-17(4)10-12-24-20(28)32-22(5,6)7/h16,33H,4,9-15H2,1-3,5-8H3,(H,24,28)(H,25,29). The number of hydrogen-bond acceptors (Lipinski definition) is 7. The van der Waals surface area contributed by atoms with Crippen molar-refractivity contribution in [2.24, 2.45) is 11.3 Å². The molecule has 0 aromatic rings. The van der Waals surface area contributed by atoms with E-state index in [0.29, 0.717) is 12.2 Å². The van der Waals surface area contributed by atoms with Gasteiger partial charge in [0, 0.05) is 25.4 Å². The Labute approximate surface area is 199 Å². The van der Waals surface area contributed by atoms with Crippen molar-refractivity contribution in [2.45, 2.75) is 66.9 Å². The number of carbonyl (C=O) groups excluding carboxylic acids is 4. The fraction of sp³-hybridized carbons (Fsp3) is 0.739. The Morgan fingerprint density at radius 3 is 2.06 bits per heavy atom. The molecule has 0 spiro atoms. The van der Waals surface area contributed by atoms with E-state index in [2.05, 4.69) is 17.2 Å². The van der Waals surface area contributed by atoms with Crippen molar-refractivity contribution in [2.75, 3.05) is 32.5 Å². The van der Waals surface area contributed by atoms with E-state index in [1.807, 2.05) is 6.92 Å². The highest BCUT2D eigenvalue weighted by molar-refractivity contribution is 7.57. The second-order valence-electron chi connectivity index (χ2n) is 9.28. The Balaban J connectivity index is 4.63. The molecule has 0 heterocycles. The van der Waals surface area contributed by atoms with Crippen LogP contribution in [0.3, 0.4) is 0 Å². The summed E-state index contributed by atoms with van der Waals surface area (Å²) >= 11 is 0. The normalized spacial score (nSPS) is 13.3. The molecule has 190 valence electrons. The molecule has 2 N–H and O–H groups in total. The lowest BCUT2D eigenvalue weighted by Gasteiger charge is -2.29. The molecule has 10 heteroatoms. The van der Waals surface area contributed by atoms with Crippen molar-refractivity contribution < 1.29 is 33.4 Å². The minimum atomic E-state index is -1.06. The number of esters is 1. The van der Waals surface area contributed by atoms with Gasteiger partial charge in [0.15, 0.2) is 0 Å². The number of carbonyl (C=O) groups is 4. The van der Waals surface area contributed by atoms with Gasteiger partial charge in [0.05, 0.1) is 17.6 Å². The molecule has 0 bridgehead atoms. The zero-order valence-corrected chi connectivity index (χ0v) is 22.1. The van der Waals surface area contributed by atoms with Gasteiger partial charge in [0.1, 0.15) is 24.6 Å². The first-order chi connectivity index (χ1) is 15.2. The molecule has 0 aromatic heterocycles. The largest absolute Gasteiger partial charge is 0.497 e. The van der Waals surface area contributed by atoms with Crippen molar-refractivity contribution in [3.63, 3.8) is 0 Å². The third-order valence-corrected chi connectivity index (χ3v) is 5.14. The second-order valence-corrected chi connectivity index (χ2v) is 10.8. The predicted molar refractivity (Wildman–Crippen MR) is 130 cm³/mol. The van der Waals surface area contributed by atoms with E-state index in [4.69, 9.17) is 14.2 Å². The van der Waals surface area contributed by atoms with Crippen LogP contribution in [0.4, 0.5) is 9.59 Å². The van der Waals surface area contributed by atoms with E-state index in [1.54, 1.807) is 41.5 Å². The van der Waals surface area contributed by atoms with Crippen LogP contribution in [0.15, 0.2) is 12.3 Å². The number of ether oxygens (including phenoxy) is 3. The number of hydrogen-bond donors (Lipinski definition) is 2. The monoisotopic (exact) mass is 488 g/mol. The molecular formula is C23H41N2O7P. The average molecular weight is 489 g/mol. The third kappa shape index (κ3) is 14.6. The summed E-state index contributed by atoms with van der Waals surface area (Å²) in [4.78, 5) is 48.0. The zero-order valence-electron chi connectivity index (χ0n) is 21.1. The van der Waals surface area contributed by atoms with E-state index < -0.39 is 23.1 Å². The Hall–Kier alpha value is -2.15. The van der Waals surface area contributed by atoms with Crippen LogP contribution < -0.4 is 10.6 Å². The molecule has 0 saturated carbocycles. The van der Waals surface area contributed by atoms with Crippen molar-refractivity contribution in [1.82, 2.24) is 10.6 Å². The Kier molecular flexibility index (Phi) is 13.9. The van der Waals surface area contributed by atoms with Crippen LogP contribution in [0.1, 0.15) is 61.3 Å². The fourth-order valence-corrected chi connectivity index (χ4v) is 3.22. The molecule has 0 fully saturated rings. The third-order valence-electron chi connectivity index (χ3n) is 4.29. The Morgan fingerprint density at radius 1 is 0.939 bits per heavy atom.